The monoisotopic (exact) mass is 188 g/mol. The Morgan fingerprint density at radius 1 is 1.54 bits per heavy atom. The van der Waals surface area contributed by atoms with Gasteiger partial charge in [-0.25, -0.2) is 0 Å². The van der Waals surface area contributed by atoms with Gasteiger partial charge in [0.05, 0.1) is 6.61 Å². The van der Waals surface area contributed by atoms with Crippen molar-refractivity contribution in [2.75, 3.05) is 33.4 Å². The lowest BCUT2D eigenvalue weighted by molar-refractivity contribution is 0.191. The summed E-state index contributed by atoms with van der Waals surface area (Å²) in [4.78, 5) is 2.27. The molecule has 4 heteroatoms. The fraction of sp³-hybridized carbons (Fsp3) is 1.00. The molecule has 2 unspecified atom stereocenters. The van der Waals surface area contributed by atoms with E-state index in [0.717, 1.165) is 19.5 Å². The minimum atomic E-state index is 0.0569. The molecule has 1 saturated heterocycles. The maximum absolute atomic E-state index is 9.00. The Bertz CT molecular complexity index is 142. The number of aliphatic hydroxyl groups excluding tert-OH is 2. The fourth-order valence-electron chi connectivity index (χ4n) is 1.79. The molecule has 1 heterocycles. The van der Waals surface area contributed by atoms with Crippen molar-refractivity contribution in [1.82, 2.24) is 10.2 Å². The summed E-state index contributed by atoms with van der Waals surface area (Å²) in [7, 11) is 2.10. The van der Waals surface area contributed by atoms with Gasteiger partial charge in [-0.05, 0) is 26.4 Å². The van der Waals surface area contributed by atoms with Crippen molar-refractivity contribution in [3.05, 3.63) is 0 Å². The molecule has 1 aliphatic heterocycles. The normalized spacial score (nSPS) is 26.5. The van der Waals surface area contributed by atoms with E-state index in [9.17, 15) is 0 Å². The Kier molecular flexibility index (Phi) is 4.66. The third-order valence-electron chi connectivity index (χ3n) is 2.56. The van der Waals surface area contributed by atoms with Gasteiger partial charge in [-0.2, -0.15) is 0 Å². The van der Waals surface area contributed by atoms with Gasteiger partial charge in [0.15, 0.2) is 0 Å². The van der Waals surface area contributed by atoms with Crippen LogP contribution in [0.2, 0.25) is 0 Å². The summed E-state index contributed by atoms with van der Waals surface area (Å²) in [5.74, 6) is 0. The SMILES string of the molecule is CN1CCC(NC(CO)CCO)C1. The minimum absolute atomic E-state index is 0.0569. The van der Waals surface area contributed by atoms with Crippen LogP contribution in [0.5, 0.6) is 0 Å². The summed E-state index contributed by atoms with van der Waals surface area (Å²) in [5.41, 5.74) is 0. The topological polar surface area (TPSA) is 55.7 Å². The fourth-order valence-corrected chi connectivity index (χ4v) is 1.79. The summed E-state index contributed by atoms with van der Waals surface area (Å²) >= 11 is 0. The molecule has 0 spiro atoms. The third kappa shape index (κ3) is 3.60. The number of rotatable bonds is 5. The highest BCUT2D eigenvalue weighted by Gasteiger charge is 2.21. The Morgan fingerprint density at radius 3 is 2.77 bits per heavy atom. The van der Waals surface area contributed by atoms with Crippen LogP contribution < -0.4 is 5.32 Å². The van der Waals surface area contributed by atoms with Crippen LogP contribution in [-0.2, 0) is 0 Å². The average molecular weight is 188 g/mol. The zero-order chi connectivity index (χ0) is 9.68. The van der Waals surface area contributed by atoms with Crippen LogP contribution >= 0.6 is 0 Å². The van der Waals surface area contributed by atoms with Gasteiger partial charge in [0.1, 0.15) is 0 Å². The second kappa shape index (κ2) is 5.54. The first-order valence-electron chi connectivity index (χ1n) is 4.92. The van der Waals surface area contributed by atoms with E-state index in [1.165, 1.54) is 0 Å². The standard InChI is InChI=1S/C9H20N2O2/c1-11-4-2-8(6-11)10-9(7-13)3-5-12/h8-10,12-13H,2-7H2,1H3. The highest BCUT2D eigenvalue weighted by molar-refractivity contribution is 4.82. The Hall–Kier alpha value is -0.160. The van der Waals surface area contributed by atoms with E-state index in [-0.39, 0.29) is 19.3 Å². The molecule has 0 bridgehead atoms. The molecule has 4 nitrogen and oxygen atoms in total. The molecular formula is C9H20N2O2. The lowest BCUT2D eigenvalue weighted by Crippen LogP contribution is -2.42. The average Bonchev–Trinajstić information content (AvgIpc) is 2.50. The van der Waals surface area contributed by atoms with Gasteiger partial charge in [-0.1, -0.05) is 0 Å². The van der Waals surface area contributed by atoms with E-state index in [2.05, 4.69) is 17.3 Å². The molecule has 3 N–H and O–H groups in total. The molecule has 0 aromatic carbocycles. The molecule has 0 radical (unpaired) electrons. The van der Waals surface area contributed by atoms with Crippen molar-refractivity contribution in [1.29, 1.82) is 0 Å². The van der Waals surface area contributed by atoms with Crippen LogP contribution in [0.3, 0.4) is 0 Å². The highest BCUT2D eigenvalue weighted by Crippen LogP contribution is 2.07. The predicted octanol–water partition coefficient (Wildman–Crippen LogP) is -0.977. The summed E-state index contributed by atoms with van der Waals surface area (Å²) in [6.07, 6.45) is 1.77. The van der Waals surface area contributed by atoms with Gasteiger partial charge in [0, 0.05) is 25.2 Å². The largest absolute Gasteiger partial charge is 0.396 e. The minimum Gasteiger partial charge on any atom is -0.396 e. The van der Waals surface area contributed by atoms with Crippen molar-refractivity contribution in [3.8, 4) is 0 Å². The van der Waals surface area contributed by atoms with Crippen molar-refractivity contribution in [3.63, 3.8) is 0 Å². The number of likely N-dealkylation sites (tertiary alicyclic amines) is 1. The third-order valence-corrected chi connectivity index (χ3v) is 2.56. The van der Waals surface area contributed by atoms with Gasteiger partial charge in [0.25, 0.3) is 0 Å². The Balaban J connectivity index is 2.21. The van der Waals surface area contributed by atoms with Crippen molar-refractivity contribution in [2.24, 2.45) is 0 Å². The van der Waals surface area contributed by atoms with E-state index in [4.69, 9.17) is 10.2 Å². The number of nitrogens with zero attached hydrogens (tertiary/aromatic N) is 1. The van der Waals surface area contributed by atoms with E-state index in [1.807, 2.05) is 0 Å². The first kappa shape index (κ1) is 10.9. The molecule has 0 saturated carbocycles. The van der Waals surface area contributed by atoms with Gasteiger partial charge in [-0.3, -0.25) is 0 Å². The lowest BCUT2D eigenvalue weighted by atomic mass is 10.2. The molecule has 78 valence electrons. The summed E-state index contributed by atoms with van der Waals surface area (Å²) in [6, 6.07) is 0.537. The Morgan fingerprint density at radius 2 is 2.31 bits per heavy atom. The summed E-state index contributed by atoms with van der Waals surface area (Å²) in [6.45, 7) is 2.42. The molecule has 1 fully saturated rings. The van der Waals surface area contributed by atoms with Crippen LogP contribution in [-0.4, -0.2) is 60.5 Å². The first-order valence-corrected chi connectivity index (χ1v) is 4.92. The van der Waals surface area contributed by atoms with Crippen LogP contribution in [0, 0.1) is 0 Å². The van der Waals surface area contributed by atoms with Crippen molar-refractivity contribution in [2.45, 2.75) is 24.9 Å². The first-order chi connectivity index (χ1) is 6.26. The molecule has 0 aromatic heterocycles. The van der Waals surface area contributed by atoms with Crippen LogP contribution in [0.1, 0.15) is 12.8 Å². The molecule has 13 heavy (non-hydrogen) atoms. The van der Waals surface area contributed by atoms with Gasteiger partial charge < -0.3 is 20.4 Å². The van der Waals surface area contributed by atoms with E-state index >= 15 is 0 Å². The summed E-state index contributed by atoms with van der Waals surface area (Å²) in [5, 5.41) is 21.1. The quantitative estimate of drug-likeness (QED) is 0.519. The number of hydrogen-bond acceptors (Lipinski definition) is 4. The lowest BCUT2D eigenvalue weighted by Gasteiger charge is -2.20. The van der Waals surface area contributed by atoms with Crippen LogP contribution in [0.4, 0.5) is 0 Å². The molecule has 0 aliphatic carbocycles. The zero-order valence-corrected chi connectivity index (χ0v) is 8.24. The zero-order valence-electron chi connectivity index (χ0n) is 8.24. The second-order valence-corrected chi connectivity index (χ2v) is 3.81. The molecule has 0 amide bonds. The summed E-state index contributed by atoms with van der Waals surface area (Å²) < 4.78 is 0. The van der Waals surface area contributed by atoms with Crippen molar-refractivity contribution >= 4 is 0 Å². The number of aliphatic hydroxyl groups is 2. The molecule has 0 aromatic rings. The highest BCUT2D eigenvalue weighted by atomic mass is 16.3. The van der Waals surface area contributed by atoms with Gasteiger partial charge in [-0.15, -0.1) is 0 Å². The molecule has 1 rings (SSSR count). The van der Waals surface area contributed by atoms with Crippen LogP contribution in [0.15, 0.2) is 0 Å². The maximum atomic E-state index is 9.00. The number of hydrogen-bond donors (Lipinski definition) is 3. The molecular weight excluding hydrogens is 168 g/mol. The predicted molar refractivity (Wildman–Crippen MR) is 51.6 cm³/mol. The number of nitrogens with one attached hydrogen (secondary N) is 1. The van der Waals surface area contributed by atoms with Crippen LogP contribution in [0.25, 0.3) is 0 Å². The maximum Gasteiger partial charge on any atom is 0.0585 e. The van der Waals surface area contributed by atoms with Gasteiger partial charge in [0.2, 0.25) is 0 Å². The van der Waals surface area contributed by atoms with E-state index in [1.54, 1.807) is 0 Å². The molecule has 1 aliphatic rings. The van der Waals surface area contributed by atoms with Gasteiger partial charge >= 0.3 is 0 Å². The smallest absolute Gasteiger partial charge is 0.0585 e. The van der Waals surface area contributed by atoms with E-state index in [0.29, 0.717) is 12.5 Å². The second-order valence-electron chi connectivity index (χ2n) is 3.81. The molecule has 2 atom stereocenters. The number of likely N-dealkylation sites (N-methyl/N-ethyl adjacent to an activating group) is 1. The Labute approximate surface area is 79.6 Å². The van der Waals surface area contributed by atoms with Crippen molar-refractivity contribution < 1.29 is 10.2 Å². The van der Waals surface area contributed by atoms with E-state index < -0.39 is 0 Å².